The van der Waals surface area contributed by atoms with Gasteiger partial charge in [0.1, 0.15) is 24.8 Å². The summed E-state index contributed by atoms with van der Waals surface area (Å²) >= 11 is 1.81. The van der Waals surface area contributed by atoms with Crippen molar-refractivity contribution in [3.63, 3.8) is 0 Å². The lowest BCUT2D eigenvalue weighted by atomic mass is 10.1. The number of allylic oxidation sites excluding steroid dienone is 1. The first kappa shape index (κ1) is 33.0. The van der Waals surface area contributed by atoms with Gasteiger partial charge in [0.25, 0.3) is 0 Å². The van der Waals surface area contributed by atoms with Crippen LogP contribution >= 0.6 is 11.8 Å². The molecular weight excluding hydrogens is 546 g/mol. The molecule has 0 fully saturated rings. The van der Waals surface area contributed by atoms with Crippen molar-refractivity contribution in [3.8, 4) is 5.75 Å². The summed E-state index contributed by atoms with van der Waals surface area (Å²) in [5.41, 5.74) is 5.63. The van der Waals surface area contributed by atoms with Crippen molar-refractivity contribution in [1.82, 2.24) is 25.5 Å². The lowest BCUT2D eigenvalue weighted by molar-refractivity contribution is -0.104. The zero-order valence-electron chi connectivity index (χ0n) is 25.5. The standard InChI is InChI=1S/C24H30N6OS.C8H15NO/c1-4-18-11-19(5-6-21(18)31-14-20-12-26-9-10-27-20)30-23-17(3)24(29-15-28-23)32-22-13-25-8-7-16(22)2;1-3-9(4-2)7-5-6-8-10/h5-6,9-12,15,23,25,30H,4,7-8,13-14H2,1-3H3,(H,28,29);5-6,8H,3-4,7H2,1-2H3/b;6-5+. The van der Waals surface area contributed by atoms with Gasteiger partial charge in [0.2, 0.25) is 0 Å². The highest BCUT2D eigenvalue weighted by Crippen LogP contribution is 2.33. The summed E-state index contributed by atoms with van der Waals surface area (Å²) in [4.78, 5) is 26.5. The lowest BCUT2D eigenvalue weighted by Crippen LogP contribution is -2.29. The number of likely N-dealkylation sites (N-methyl/N-ethyl adjacent to an activating group) is 1. The van der Waals surface area contributed by atoms with Crippen LogP contribution in [0.5, 0.6) is 5.75 Å². The number of hydrogen-bond acceptors (Lipinski definition) is 10. The van der Waals surface area contributed by atoms with E-state index in [1.807, 2.05) is 30.0 Å². The fourth-order valence-corrected chi connectivity index (χ4v) is 5.42. The number of aliphatic imine (C=N–C) groups is 1. The zero-order chi connectivity index (χ0) is 30.2. The largest absolute Gasteiger partial charge is 0.487 e. The van der Waals surface area contributed by atoms with Gasteiger partial charge in [-0.2, -0.15) is 0 Å². The molecule has 0 saturated heterocycles. The number of nitrogens with zero attached hydrogens (tertiary/aromatic N) is 4. The quantitative estimate of drug-likeness (QED) is 0.211. The molecule has 1 unspecified atom stereocenters. The van der Waals surface area contributed by atoms with Gasteiger partial charge in [-0.25, -0.2) is 4.99 Å². The molecule has 0 amide bonds. The van der Waals surface area contributed by atoms with Crippen LogP contribution in [0.15, 0.2) is 75.0 Å². The van der Waals surface area contributed by atoms with Crippen LogP contribution in [-0.4, -0.2) is 66.4 Å². The minimum absolute atomic E-state index is 0.104. The molecular formula is C32H45N7O2S. The van der Waals surface area contributed by atoms with Gasteiger partial charge in [0.15, 0.2) is 0 Å². The maximum Gasteiger partial charge on any atom is 0.144 e. The second kappa shape index (κ2) is 18.1. The van der Waals surface area contributed by atoms with E-state index in [1.54, 1.807) is 31.0 Å². The average Bonchev–Trinajstić information content (AvgIpc) is 3.02. The number of aldehydes is 1. The number of anilines is 1. The van der Waals surface area contributed by atoms with E-state index >= 15 is 0 Å². The van der Waals surface area contributed by atoms with Crippen LogP contribution in [-0.2, 0) is 17.8 Å². The molecule has 10 heteroatoms. The van der Waals surface area contributed by atoms with Crippen LogP contribution in [0, 0.1) is 0 Å². The fraction of sp³-hybridized carbons (Fsp3) is 0.438. The van der Waals surface area contributed by atoms with Crippen molar-refractivity contribution in [3.05, 3.63) is 81.3 Å². The third-order valence-corrected chi connectivity index (χ3v) is 8.44. The molecule has 1 aromatic carbocycles. The van der Waals surface area contributed by atoms with E-state index in [2.05, 4.69) is 76.5 Å². The van der Waals surface area contributed by atoms with Gasteiger partial charge in [0, 0.05) is 41.6 Å². The van der Waals surface area contributed by atoms with Crippen LogP contribution < -0.4 is 20.7 Å². The molecule has 0 saturated carbocycles. The Morgan fingerprint density at radius 2 is 2.02 bits per heavy atom. The molecule has 1 atom stereocenters. The Labute approximate surface area is 255 Å². The van der Waals surface area contributed by atoms with Crippen molar-refractivity contribution >= 4 is 30.1 Å². The third kappa shape index (κ3) is 10.4. The molecule has 3 heterocycles. The number of rotatable bonds is 13. The summed E-state index contributed by atoms with van der Waals surface area (Å²) < 4.78 is 6.00. The fourth-order valence-electron chi connectivity index (χ4n) is 4.34. The van der Waals surface area contributed by atoms with Crippen molar-refractivity contribution in [2.45, 2.75) is 60.2 Å². The first-order chi connectivity index (χ1) is 20.5. The molecule has 0 aliphatic carbocycles. The second-order valence-electron chi connectivity index (χ2n) is 9.93. The number of aromatic nitrogens is 2. The number of hydrogen-bond donors (Lipinski definition) is 3. The van der Waals surface area contributed by atoms with Gasteiger partial charge in [0.05, 0.1) is 23.3 Å². The number of aryl methyl sites for hydroxylation is 1. The third-order valence-electron chi connectivity index (χ3n) is 7.06. The highest BCUT2D eigenvalue weighted by atomic mass is 32.2. The Morgan fingerprint density at radius 3 is 2.71 bits per heavy atom. The molecule has 2 aromatic rings. The number of nitrogens with one attached hydrogen (secondary N) is 3. The SMILES string of the molecule is CCN(CC)C/C=C/C=O.CCc1cc(NC2N=CNC(SC3=C(C)CCNC3)=C2C)ccc1OCc1cnccn1. The van der Waals surface area contributed by atoms with Gasteiger partial charge in [-0.3, -0.25) is 14.8 Å². The predicted molar refractivity (Wildman–Crippen MR) is 175 cm³/mol. The summed E-state index contributed by atoms with van der Waals surface area (Å²) in [5.74, 6) is 0.869. The van der Waals surface area contributed by atoms with E-state index in [4.69, 9.17) is 4.74 Å². The Hall–Kier alpha value is -3.47. The normalized spacial score (nSPS) is 16.8. The Morgan fingerprint density at radius 1 is 1.19 bits per heavy atom. The molecule has 42 heavy (non-hydrogen) atoms. The van der Waals surface area contributed by atoms with Crippen molar-refractivity contribution < 1.29 is 9.53 Å². The molecule has 0 bridgehead atoms. The van der Waals surface area contributed by atoms with Gasteiger partial charge >= 0.3 is 0 Å². The highest BCUT2D eigenvalue weighted by Gasteiger charge is 2.20. The predicted octanol–water partition coefficient (Wildman–Crippen LogP) is 5.30. The van der Waals surface area contributed by atoms with Crippen molar-refractivity contribution in [2.24, 2.45) is 4.99 Å². The number of carbonyl (C=O) groups is 1. The maximum absolute atomic E-state index is 9.86. The average molecular weight is 592 g/mol. The van der Waals surface area contributed by atoms with Crippen LogP contribution in [0.3, 0.4) is 0 Å². The van der Waals surface area contributed by atoms with Gasteiger partial charge in [-0.1, -0.05) is 44.2 Å². The molecule has 9 nitrogen and oxygen atoms in total. The summed E-state index contributed by atoms with van der Waals surface area (Å²) in [6, 6.07) is 6.20. The number of thioether (sulfide) groups is 1. The van der Waals surface area contributed by atoms with Crippen molar-refractivity contribution in [1.29, 1.82) is 0 Å². The molecule has 3 N–H and O–H groups in total. The van der Waals surface area contributed by atoms with Crippen LogP contribution in [0.1, 0.15) is 52.3 Å². The van der Waals surface area contributed by atoms with Gasteiger partial charge in [-0.15, -0.1) is 0 Å². The molecule has 0 spiro atoms. The van der Waals surface area contributed by atoms with E-state index in [-0.39, 0.29) is 6.17 Å². The minimum atomic E-state index is -0.104. The van der Waals surface area contributed by atoms with E-state index < -0.39 is 0 Å². The van der Waals surface area contributed by atoms with Gasteiger partial charge < -0.3 is 25.6 Å². The van der Waals surface area contributed by atoms with E-state index in [9.17, 15) is 4.79 Å². The molecule has 2 aliphatic rings. The van der Waals surface area contributed by atoms with E-state index in [1.165, 1.54) is 16.1 Å². The Bertz CT molecular complexity index is 1260. The van der Waals surface area contributed by atoms with Crippen molar-refractivity contribution in [2.75, 3.05) is 38.0 Å². The highest BCUT2D eigenvalue weighted by molar-refractivity contribution is 8.06. The molecule has 0 radical (unpaired) electrons. The number of carbonyl (C=O) groups excluding carboxylic acids is 1. The lowest BCUT2D eigenvalue weighted by Gasteiger charge is -2.26. The second-order valence-corrected chi connectivity index (χ2v) is 11.0. The Kier molecular flexibility index (Phi) is 14.3. The molecule has 1 aromatic heterocycles. The summed E-state index contributed by atoms with van der Waals surface area (Å²) in [5, 5.41) is 11.5. The molecule has 4 rings (SSSR count). The first-order valence-corrected chi connectivity index (χ1v) is 15.5. The van der Waals surface area contributed by atoms with E-state index in [0.29, 0.717) is 6.61 Å². The smallest absolute Gasteiger partial charge is 0.144 e. The molecule has 226 valence electrons. The Balaban J connectivity index is 0.000000416. The van der Waals surface area contributed by atoms with Crippen LogP contribution in [0.2, 0.25) is 0 Å². The summed E-state index contributed by atoms with van der Waals surface area (Å²) in [7, 11) is 0. The first-order valence-electron chi connectivity index (χ1n) is 14.6. The number of ether oxygens (including phenoxy) is 1. The van der Waals surface area contributed by atoms with Gasteiger partial charge in [-0.05, 0) is 76.2 Å². The minimum Gasteiger partial charge on any atom is -0.487 e. The maximum atomic E-state index is 9.86. The van der Waals surface area contributed by atoms with Crippen LogP contribution in [0.4, 0.5) is 5.69 Å². The number of benzene rings is 1. The van der Waals surface area contributed by atoms with Crippen LogP contribution in [0.25, 0.3) is 0 Å². The zero-order valence-corrected chi connectivity index (χ0v) is 26.3. The topological polar surface area (TPSA) is 104 Å². The van der Waals surface area contributed by atoms with E-state index in [0.717, 1.165) is 79.6 Å². The molecule has 2 aliphatic heterocycles. The summed E-state index contributed by atoms with van der Waals surface area (Å²) in [6.45, 7) is 16.1. The summed E-state index contributed by atoms with van der Waals surface area (Å²) in [6.07, 6.45) is 13.0. The monoisotopic (exact) mass is 591 g/mol.